The van der Waals surface area contributed by atoms with Crippen LogP contribution in [0, 0.1) is 0 Å². The summed E-state index contributed by atoms with van der Waals surface area (Å²) < 4.78 is 0.584. The van der Waals surface area contributed by atoms with Crippen LogP contribution < -0.4 is 0 Å². The molecular weight excluding hydrogens is 338 g/mol. The van der Waals surface area contributed by atoms with Gasteiger partial charge in [0.25, 0.3) is 5.91 Å². The van der Waals surface area contributed by atoms with E-state index in [-0.39, 0.29) is 17.7 Å². The van der Waals surface area contributed by atoms with Crippen LogP contribution in [0.25, 0.3) is 0 Å². The lowest BCUT2D eigenvalue weighted by Gasteiger charge is -2.23. The molecule has 0 aliphatic heterocycles. The summed E-state index contributed by atoms with van der Waals surface area (Å²) in [5.74, 6) is -0.0273. The summed E-state index contributed by atoms with van der Waals surface area (Å²) in [6.07, 6.45) is 0. The molecule has 1 aromatic rings. The van der Waals surface area contributed by atoms with E-state index in [1.54, 1.807) is 24.1 Å². The lowest BCUT2D eigenvalue weighted by molar-refractivity contribution is 0.0757. The van der Waals surface area contributed by atoms with Gasteiger partial charge in [-0.3, -0.25) is 4.79 Å². The van der Waals surface area contributed by atoms with E-state index in [4.69, 9.17) is 0 Å². The molecule has 5 heteroatoms. The van der Waals surface area contributed by atoms with Gasteiger partial charge in [-0.05, 0) is 41.1 Å². The summed E-state index contributed by atoms with van der Waals surface area (Å²) >= 11 is 6.51. The van der Waals surface area contributed by atoms with Gasteiger partial charge >= 0.3 is 0 Å². The number of alkyl halides is 1. The molecule has 1 unspecified atom stereocenters. The first-order chi connectivity index (χ1) is 7.47. The Morgan fingerprint density at radius 2 is 2.19 bits per heavy atom. The van der Waals surface area contributed by atoms with E-state index < -0.39 is 0 Å². The van der Waals surface area contributed by atoms with Crippen molar-refractivity contribution in [1.82, 2.24) is 4.90 Å². The molecule has 0 radical (unpaired) electrons. The zero-order chi connectivity index (χ0) is 12.3. The number of halogens is 2. The molecule has 0 aliphatic carbocycles. The van der Waals surface area contributed by atoms with Crippen molar-refractivity contribution in [2.24, 2.45) is 0 Å². The van der Waals surface area contributed by atoms with Gasteiger partial charge in [0.05, 0.1) is 4.47 Å². The number of amides is 1. The van der Waals surface area contributed by atoms with E-state index in [9.17, 15) is 9.90 Å². The number of carbonyl (C=O) groups is 1. The highest BCUT2D eigenvalue weighted by atomic mass is 79.9. The minimum atomic E-state index is -0.102. The van der Waals surface area contributed by atoms with Crippen molar-refractivity contribution >= 4 is 37.8 Å². The molecule has 0 aromatic heterocycles. The summed E-state index contributed by atoms with van der Waals surface area (Å²) in [6.45, 7) is 1.95. The number of phenols is 1. The first kappa shape index (κ1) is 13.5. The molecule has 0 fully saturated rings. The van der Waals surface area contributed by atoms with Crippen LogP contribution >= 0.6 is 31.9 Å². The molecule has 1 N–H and O–H groups in total. The van der Waals surface area contributed by atoms with Crippen LogP contribution in [0.2, 0.25) is 0 Å². The van der Waals surface area contributed by atoms with E-state index in [0.29, 0.717) is 10.0 Å². The summed E-state index contributed by atoms with van der Waals surface area (Å²) in [5, 5.41) is 10.2. The SMILES string of the molecule is CC(CBr)N(C)C(=O)c1ccc(Br)c(O)c1. The molecule has 0 aliphatic rings. The van der Waals surface area contributed by atoms with Gasteiger partial charge in [-0.25, -0.2) is 0 Å². The molecule has 0 saturated heterocycles. The molecule has 3 nitrogen and oxygen atoms in total. The molecule has 1 rings (SSSR count). The molecule has 1 atom stereocenters. The molecular formula is C11H13Br2NO2. The highest BCUT2D eigenvalue weighted by molar-refractivity contribution is 9.10. The minimum absolute atomic E-state index is 0.0748. The molecule has 0 bridgehead atoms. The zero-order valence-corrected chi connectivity index (χ0v) is 12.2. The number of carbonyl (C=O) groups excluding carboxylic acids is 1. The monoisotopic (exact) mass is 349 g/mol. The van der Waals surface area contributed by atoms with Gasteiger partial charge in [-0.1, -0.05) is 15.9 Å². The van der Waals surface area contributed by atoms with Crippen molar-refractivity contribution in [3.05, 3.63) is 28.2 Å². The van der Waals surface area contributed by atoms with Crippen LogP contribution in [0.15, 0.2) is 22.7 Å². The fraction of sp³-hybridized carbons (Fsp3) is 0.364. The maximum Gasteiger partial charge on any atom is 0.253 e. The fourth-order valence-electron chi connectivity index (χ4n) is 1.15. The Kier molecular flexibility index (Phi) is 4.80. The third kappa shape index (κ3) is 2.98. The van der Waals surface area contributed by atoms with E-state index >= 15 is 0 Å². The second-order valence-corrected chi connectivity index (χ2v) is 5.09. The maximum atomic E-state index is 12.0. The standard InChI is InChI=1S/C11H13Br2NO2/c1-7(6-12)14(2)11(16)8-3-4-9(13)10(15)5-8/h3-5,7,15H,6H2,1-2H3. The molecule has 0 heterocycles. The van der Waals surface area contributed by atoms with Gasteiger partial charge in [0, 0.05) is 24.0 Å². The van der Waals surface area contributed by atoms with Crippen LogP contribution in [0.5, 0.6) is 5.75 Å². The molecule has 16 heavy (non-hydrogen) atoms. The number of hydrogen-bond donors (Lipinski definition) is 1. The van der Waals surface area contributed by atoms with Gasteiger partial charge in [-0.15, -0.1) is 0 Å². The molecule has 0 spiro atoms. The Bertz CT molecular complexity index is 396. The normalized spacial score (nSPS) is 12.2. The third-order valence-electron chi connectivity index (χ3n) is 2.40. The summed E-state index contributed by atoms with van der Waals surface area (Å²) in [4.78, 5) is 13.6. The average molecular weight is 351 g/mol. The van der Waals surface area contributed by atoms with Gasteiger partial charge in [0.1, 0.15) is 5.75 Å². The van der Waals surface area contributed by atoms with Gasteiger partial charge in [-0.2, -0.15) is 0 Å². The predicted molar refractivity (Wildman–Crippen MR) is 71.2 cm³/mol. The number of rotatable bonds is 3. The first-order valence-electron chi connectivity index (χ1n) is 4.79. The minimum Gasteiger partial charge on any atom is -0.507 e. The van der Waals surface area contributed by atoms with E-state index in [0.717, 1.165) is 5.33 Å². The number of benzene rings is 1. The number of aromatic hydroxyl groups is 1. The van der Waals surface area contributed by atoms with Crippen LogP contribution in [0.4, 0.5) is 0 Å². The largest absolute Gasteiger partial charge is 0.507 e. The topological polar surface area (TPSA) is 40.5 Å². The van der Waals surface area contributed by atoms with Crippen molar-refractivity contribution in [1.29, 1.82) is 0 Å². The third-order valence-corrected chi connectivity index (χ3v) is 4.01. The average Bonchev–Trinajstić information content (AvgIpc) is 2.29. The van der Waals surface area contributed by atoms with E-state index in [1.165, 1.54) is 6.07 Å². The van der Waals surface area contributed by atoms with Crippen molar-refractivity contribution in [3.8, 4) is 5.75 Å². The van der Waals surface area contributed by atoms with Crippen molar-refractivity contribution in [2.45, 2.75) is 13.0 Å². The lowest BCUT2D eigenvalue weighted by atomic mass is 10.1. The Morgan fingerprint density at radius 1 is 1.56 bits per heavy atom. The predicted octanol–water partition coefficient (Wildman–Crippen LogP) is 3.01. The lowest BCUT2D eigenvalue weighted by Crippen LogP contribution is -2.36. The highest BCUT2D eigenvalue weighted by Gasteiger charge is 2.17. The summed E-state index contributed by atoms with van der Waals surface area (Å²) in [7, 11) is 1.74. The molecule has 88 valence electrons. The van der Waals surface area contributed by atoms with Crippen LogP contribution in [-0.2, 0) is 0 Å². The molecule has 0 saturated carbocycles. The fourth-order valence-corrected chi connectivity index (χ4v) is 1.83. The second-order valence-electron chi connectivity index (χ2n) is 3.59. The highest BCUT2D eigenvalue weighted by Crippen LogP contribution is 2.25. The number of hydrogen-bond acceptors (Lipinski definition) is 2. The van der Waals surface area contributed by atoms with Gasteiger partial charge < -0.3 is 10.0 Å². The van der Waals surface area contributed by atoms with Gasteiger partial charge in [0.15, 0.2) is 0 Å². The zero-order valence-electron chi connectivity index (χ0n) is 9.08. The van der Waals surface area contributed by atoms with Crippen molar-refractivity contribution in [2.75, 3.05) is 12.4 Å². The van der Waals surface area contributed by atoms with E-state index in [2.05, 4.69) is 31.9 Å². The smallest absolute Gasteiger partial charge is 0.253 e. The summed E-state index contributed by atoms with van der Waals surface area (Å²) in [6, 6.07) is 4.92. The quantitative estimate of drug-likeness (QED) is 0.851. The van der Waals surface area contributed by atoms with E-state index in [1.807, 2.05) is 6.92 Å². The number of phenolic OH excluding ortho intramolecular Hbond substituents is 1. The van der Waals surface area contributed by atoms with Crippen LogP contribution in [0.3, 0.4) is 0 Å². The molecule has 1 amide bonds. The van der Waals surface area contributed by atoms with Crippen molar-refractivity contribution in [3.63, 3.8) is 0 Å². The van der Waals surface area contributed by atoms with Crippen LogP contribution in [0.1, 0.15) is 17.3 Å². The summed E-state index contributed by atoms with van der Waals surface area (Å²) in [5.41, 5.74) is 0.482. The number of nitrogens with zero attached hydrogens (tertiary/aromatic N) is 1. The maximum absolute atomic E-state index is 12.0. The van der Waals surface area contributed by atoms with Crippen LogP contribution in [-0.4, -0.2) is 34.3 Å². The Balaban J connectivity index is 2.92. The molecule has 1 aromatic carbocycles. The second kappa shape index (κ2) is 5.68. The van der Waals surface area contributed by atoms with Gasteiger partial charge in [0.2, 0.25) is 0 Å². The Hall–Kier alpha value is -0.550. The Labute approximate surface area is 112 Å². The Morgan fingerprint density at radius 3 is 2.69 bits per heavy atom. The first-order valence-corrected chi connectivity index (χ1v) is 6.70. The van der Waals surface area contributed by atoms with Crippen molar-refractivity contribution < 1.29 is 9.90 Å².